The SMILES string of the molecule is CN(C)c1cccc(C(=O)OCC(=O)Nc2sc3c(c2C(N)=O)CCC3)c1. The lowest BCUT2D eigenvalue weighted by Gasteiger charge is -2.13. The second kappa shape index (κ2) is 7.79. The molecule has 1 aromatic carbocycles. The molecule has 0 spiro atoms. The molecule has 142 valence electrons. The van der Waals surface area contributed by atoms with Crippen molar-refractivity contribution in [2.75, 3.05) is 30.9 Å². The molecule has 3 N–H and O–H groups in total. The number of aryl methyl sites for hydroxylation is 1. The highest BCUT2D eigenvalue weighted by molar-refractivity contribution is 7.17. The molecule has 1 heterocycles. The van der Waals surface area contributed by atoms with E-state index in [2.05, 4.69) is 5.32 Å². The summed E-state index contributed by atoms with van der Waals surface area (Å²) in [6, 6.07) is 6.93. The van der Waals surface area contributed by atoms with E-state index < -0.39 is 24.4 Å². The number of hydrogen-bond acceptors (Lipinski definition) is 6. The fraction of sp³-hybridized carbons (Fsp3) is 0.316. The summed E-state index contributed by atoms with van der Waals surface area (Å²) in [5, 5.41) is 3.08. The number of rotatable bonds is 6. The van der Waals surface area contributed by atoms with E-state index in [1.54, 1.807) is 18.2 Å². The van der Waals surface area contributed by atoms with Crippen LogP contribution in [0.3, 0.4) is 0 Å². The van der Waals surface area contributed by atoms with Gasteiger partial charge in [0.25, 0.3) is 11.8 Å². The maximum atomic E-state index is 12.2. The summed E-state index contributed by atoms with van der Waals surface area (Å²) in [5.74, 6) is -1.64. The molecule has 0 fully saturated rings. The van der Waals surface area contributed by atoms with Crippen LogP contribution in [0.1, 0.15) is 37.6 Å². The van der Waals surface area contributed by atoms with Crippen molar-refractivity contribution in [1.29, 1.82) is 0 Å². The molecule has 7 nitrogen and oxygen atoms in total. The van der Waals surface area contributed by atoms with Gasteiger partial charge in [-0.25, -0.2) is 4.79 Å². The molecule has 0 atom stereocenters. The average Bonchev–Trinajstić information content (AvgIpc) is 3.20. The summed E-state index contributed by atoms with van der Waals surface area (Å²) in [7, 11) is 3.74. The van der Waals surface area contributed by atoms with Crippen molar-refractivity contribution < 1.29 is 19.1 Å². The van der Waals surface area contributed by atoms with Gasteiger partial charge in [0.2, 0.25) is 0 Å². The van der Waals surface area contributed by atoms with Crippen molar-refractivity contribution >= 4 is 39.8 Å². The molecule has 1 aliphatic carbocycles. The Hall–Kier alpha value is -2.87. The molecule has 0 saturated carbocycles. The van der Waals surface area contributed by atoms with Crippen LogP contribution in [0.4, 0.5) is 10.7 Å². The third-order valence-corrected chi connectivity index (χ3v) is 5.56. The maximum Gasteiger partial charge on any atom is 0.338 e. The van der Waals surface area contributed by atoms with Crippen LogP contribution >= 0.6 is 11.3 Å². The standard InChI is InChI=1S/C19H21N3O4S/c1-22(2)12-6-3-5-11(9-12)19(25)26-10-15(23)21-18-16(17(20)24)13-7-4-8-14(13)27-18/h3,5-6,9H,4,7-8,10H2,1-2H3,(H2,20,24)(H,21,23). The van der Waals surface area contributed by atoms with Crippen LogP contribution in [0.2, 0.25) is 0 Å². The molecule has 3 rings (SSSR count). The van der Waals surface area contributed by atoms with Crippen molar-refractivity contribution in [1.82, 2.24) is 0 Å². The van der Waals surface area contributed by atoms with Gasteiger partial charge in [-0.3, -0.25) is 9.59 Å². The average molecular weight is 387 g/mol. The van der Waals surface area contributed by atoms with E-state index in [1.807, 2.05) is 25.1 Å². The predicted octanol–water partition coefficient (Wildman–Crippen LogP) is 2.20. The number of anilines is 2. The number of benzene rings is 1. The van der Waals surface area contributed by atoms with Crippen molar-refractivity contribution in [2.45, 2.75) is 19.3 Å². The van der Waals surface area contributed by atoms with Crippen molar-refractivity contribution in [3.05, 3.63) is 45.8 Å². The highest BCUT2D eigenvalue weighted by Gasteiger charge is 2.26. The van der Waals surface area contributed by atoms with Crippen LogP contribution in [0.25, 0.3) is 0 Å². The number of esters is 1. The van der Waals surface area contributed by atoms with Gasteiger partial charge in [0.1, 0.15) is 5.00 Å². The van der Waals surface area contributed by atoms with Gasteiger partial charge in [0.15, 0.2) is 6.61 Å². The van der Waals surface area contributed by atoms with E-state index in [9.17, 15) is 14.4 Å². The molecule has 1 aliphatic rings. The summed E-state index contributed by atoms with van der Waals surface area (Å²) < 4.78 is 5.09. The van der Waals surface area contributed by atoms with E-state index in [0.29, 0.717) is 16.1 Å². The second-order valence-corrected chi connectivity index (χ2v) is 7.60. The van der Waals surface area contributed by atoms with Crippen LogP contribution in [-0.4, -0.2) is 38.5 Å². The number of amides is 2. The van der Waals surface area contributed by atoms with Gasteiger partial charge in [0.05, 0.1) is 11.1 Å². The fourth-order valence-corrected chi connectivity index (χ4v) is 4.35. The van der Waals surface area contributed by atoms with Crippen LogP contribution in [0.15, 0.2) is 24.3 Å². The number of hydrogen-bond donors (Lipinski definition) is 2. The minimum Gasteiger partial charge on any atom is -0.452 e. The van der Waals surface area contributed by atoms with Gasteiger partial charge in [-0.1, -0.05) is 6.07 Å². The van der Waals surface area contributed by atoms with Gasteiger partial charge in [-0.05, 0) is 43.0 Å². The first-order chi connectivity index (χ1) is 12.9. The van der Waals surface area contributed by atoms with E-state index >= 15 is 0 Å². The molecule has 8 heteroatoms. The molecule has 1 aromatic heterocycles. The third kappa shape index (κ3) is 4.11. The third-order valence-electron chi connectivity index (χ3n) is 4.35. The smallest absolute Gasteiger partial charge is 0.338 e. The number of fused-ring (bicyclic) bond motifs is 1. The number of thiophene rings is 1. The second-order valence-electron chi connectivity index (χ2n) is 6.49. The number of carbonyl (C=O) groups is 3. The highest BCUT2D eigenvalue weighted by atomic mass is 32.1. The lowest BCUT2D eigenvalue weighted by Crippen LogP contribution is -2.22. The quantitative estimate of drug-likeness (QED) is 0.740. The van der Waals surface area contributed by atoms with Crippen LogP contribution in [-0.2, 0) is 22.4 Å². The van der Waals surface area contributed by atoms with Crippen LogP contribution < -0.4 is 16.0 Å². The molecular formula is C19H21N3O4S. The zero-order chi connectivity index (χ0) is 19.6. The number of primary amides is 1. The van der Waals surface area contributed by atoms with Gasteiger partial charge < -0.3 is 20.7 Å². The first-order valence-corrected chi connectivity index (χ1v) is 9.37. The Kier molecular flexibility index (Phi) is 5.46. The zero-order valence-electron chi connectivity index (χ0n) is 15.2. The number of nitrogens with zero attached hydrogens (tertiary/aromatic N) is 1. The largest absolute Gasteiger partial charge is 0.452 e. The van der Waals surface area contributed by atoms with Gasteiger partial charge in [-0.15, -0.1) is 11.3 Å². The van der Waals surface area contributed by atoms with E-state index in [1.165, 1.54) is 11.3 Å². The Morgan fingerprint density at radius 3 is 2.74 bits per heavy atom. The van der Waals surface area contributed by atoms with Gasteiger partial charge >= 0.3 is 5.97 Å². The molecule has 0 saturated heterocycles. The summed E-state index contributed by atoms with van der Waals surface area (Å²) in [6.07, 6.45) is 2.66. The number of ether oxygens (including phenoxy) is 1. The van der Waals surface area contributed by atoms with E-state index in [-0.39, 0.29) is 0 Å². The summed E-state index contributed by atoms with van der Waals surface area (Å²) >= 11 is 1.36. The van der Waals surface area contributed by atoms with E-state index in [4.69, 9.17) is 10.5 Å². The normalized spacial score (nSPS) is 12.4. The maximum absolute atomic E-state index is 12.2. The Labute approximate surface area is 161 Å². The first kappa shape index (κ1) is 18.9. The van der Waals surface area contributed by atoms with Gasteiger partial charge in [-0.2, -0.15) is 0 Å². The van der Waals surface area contributed by atoms with Crippen LogP contribution in [0, 0.1) is 0 Å². The zero-order valence-corrected chi connectivity index (χ0v) is 16.0. The Morgan fingerprint density at radius 1 is 1.26 bits per heavy atom. The molecule has 2 amide bonds. The van der Waals surface area contributed by atoms with Gasteiger partial charge in [0, 0.05) is 24.7 Å². The van der Waals surface area contributed by atoms with Crippen molar-refractivity contribution in [3.8, 4) is 0 Å². The van der Waals surface area contributed by atoms with Crippen LogP contribution in [0.5, 0.6) is 0 Å². The number of nitrogens with two attached hydrogens (primary N) is 1. The topological polar surface area (TPSA) is 102 Å². The molecule has 2 aromatic rings. The minimum absolute atomic E-state index is 0.363. The Morgan fingerprint density at radius 2 is 2.04 bits per heavy atom. The molecule has 0 bridgehead atoms. The number of carbonyl (C=O) groups excluding carboxylic acids is 3. The Bertz CT molecular complexity index is 904. The minimum atomic E-state index is -0.586. The fourth-order valence-electron chi connectivity index (χ4n) is 3.04. The highest BCUT2D eigenvalue weighted by Crippen LogP contribution is 2.38. The molecular weight excluding hydrogens is 366 g/mol. The summed E-state index contributed by atoms with van der Waals surface area (Å²) in [6.45, 7) is -0.439. The summed E-state index contributed by atoms with van der Waals surface area (Å²) in [5.41, 5.74) is 8.00. The molecule has 0 radical (unpaired) electrons. The first-order valence-electron chi connectivity index (χ1n) is 8.55. The number of nitrogens with one attached hydrogen (secondary N) is 1. The summed E-state index contributed by atoms with van der Waals surface area (Å²) in [4.78, 5) is 39.1. The van der Waals surface area contributed by atoms with E-state index in [0.717, 1.165) is 35.4 Å². The van der Waals surface area contributed by atoms with Crippen molar-refractivity contribution in [3.63, 3.8) is 0 Å². The molecule has 0 aliphatic heterocycles. The lowest BCUT2D eigenvalue weighted by molar-refractivity contribution is -0.119. The van der Waals surface area contributed by atoms with Crippen molar-refractivity contribution in [2.24, 2.45) is 5.73 Å². The molecule has 27 heavy (non-hydrogen) atoms. The Balaban J connectivity index is 1.63. The monoisotopic (exact) mass is 387 g/mol. The lowest BCUT2D eigenvalue weighted by atomic mass is 10.1. The molecule has 0 unspecified atom stereocenters. The predicted molar refractivity (Wildman–Crippen MR) is 105 cm³/mol.